The van der Waals surface area contributed by atoms with Crippen molar-refractivity contribution in [1.82, 2.24) is 0 Å². The monoisotopic (exact) mass is 295 g/mol. The number of aryl methyl sites for hydroxylation is 3. The molecule has 0 fully saturated rings. The summed E-state index contributed by atoms with van der Waals surface area (Å²) in [5.74, 6) is 0.644. The van der Waals surface area contributed by atoms with Crippen LogP contribution in [0.25, 0.3) is 0 Å². The first kappa shape index (κ1) is 14.6. The summed E-state index contributed by atoms with van der Waals surface area (Å²) in [5, 5.41) is 2.91. The molecule has 3 rings (SSSR count). The van der Waals surface area contributed by atoms with E-state index in [0.717, 1.165) is 35.4 Å². The summed E-state index contributed by atoms with van der Waals surface area (Å²) in [6.45, 7) is 4.07. The van der Waals surface area contributed by atoms with Crippen molar-refractivity contribution in [2.75, 3.05) is 11.9 Å². The van der Waals surface area contributed by atoms with Gasteiger partial charge in [-0.2, -0.15) is 0 Å². The lowest BCUT2D eigenvalue weighted by atomic mass is 10.1. The third kappa shape index (κ3) is 3.14. The molecule has 0 saturated heterocycles. The zero-order valence-electron chi connectivity index (χ0n) is 13.1. The largest absolute Gasteiger partial charge is 0.484 e. The van der Waals surface area contributed by atoms with Gasteiger partial charge in [-0.15, -0.1) is 0 Å². The Morgan fingerprint density at radius 3 is 2.82 bits per heavy atom. The first-order chi connectivity index (χ1) is 10.6. The van der Waals surface area contributed by atoms with E-state index in [1.807, 2.05) is 38.1 Å². The zero-order chi connectivity index (χ0) is 15.5. The van der Waals surface area contributed by atoms with Crippen molar-refractivity contribution >= 4 is 11.6 Å². The van der Waals surface area contributed by atoms with E-state index in [-0.39, 0.29) is 12.5 Å². The van der Waals surface area contributed by atoms with Gasteiger partial charge in [0.2, 0.25) is 0 Å². The van der Waals surface area contributed by atoms with E-state index >= 15 is 0 Å². The molecule has 0 radical (unpaired) electrons. The molecule has 114 valence electrons. The molecule has 1 amide bonds. The lowest BCUT2D eigenvalue weighted by Crippen LogP contribution is -2.20. The van der Waals surface area contributed by atoms with Crippen LogP contribution in [0.15, 0.2) is 36.4 Å². The molecule has 0 saturated carbocycles. The van der Waals surface area contributed by atoms with Gasteiger partial charge in [0.25, 0.3) is 5.91 Å². The van der Waals surface area contributed by atoms with Crippen LogP contribution >= 0.6 is 0 Å². The van der Waals surface area contributed by atoms with Crippen molar-refractivity contribution in [3.63, 3.8) is 0 Å². The average molecular weight is 295 g/mol. The summed E-state index contributed by atoms with van der Waals surface area (Å²) in [7, 11) is 0. The number of hydrogen-bond donors (Lipinski definition) is 1. The van der Waals surface area contributed by atoms with Crippen molar-refractivity contribution in [1.29, 1.82) is 0 Å². The predicted octanol–water partition coefficient (Wildman–Crippen LogP) is 3.81. The van der Waals surface area contributed by atoms with Crippen LogP contribution in [-0.4, -0.2) is 12.5 Å². The van der Waals surface area contributed by atoms with Crippen LogP contribution in [0.4, 0.5) is 5.69 Å². The van der Waals surface area contributed by atoms with E-state index in [9.17, 15) is 4.79 Å². The molecule has 0 aliphatic heterocycles. The highest BCUT2D eigenvalue weighted by Gasteiger charge is 2.12. The van der Waals surface area contributed by atoms with Crippen LogP contribution in [0.1, 0.15) is 28.7 Å². The van der Waals surface area contributed by atoms with Gasteiger partial charge >= 0.3 is 0 Å². The minimum Gasteiger partial charge on any atom is -0.484 e. The zero-order valence-corrected chi connectivity index (χ0v) is 13.1. The summed E-state index contributed by atoms with van der Waals surface area (Å²) in [6, 6.07) is 12.0. The van der Waals surface area contributed by atoms with Crippen molar-refractivity contribution < 1.29 is 9.53 Å². The maximum atomic E-state index is 12.0. The molecule has 2 aromatic rings. The first-order valence-electron chi connectivity index (χ1n) is 7.74. The fourth-order valence-electron chi connectivity index (χ4n) is 2.86. The van der Waals surface area contributed by atoms with Gasteiger partial charge in [0.05, 0.1) is 0 Å². The maximum absolute atomic E-state index is 12.0. The van der Waals surface area contributed by atoms with E-state index in [4.69, 9.17) is 4.74 Å². The second kappa shape index (κ2) is 6.22. The van der Waals surface area contributed by atoms with Gasteiger partial charge in [-0.05, 0) is 73.6 Å². The van der Waals surface area contributed by atoms with Crippen LogP contribution in [-0.2, 0) is 17.6 Å². The third-order valence-corrected chi connectivity index (χ3v) is 4.32. The molecule has 0 aromatic heterocycles. The number of hydrogen-bond acceptors (Lipinski definition) is 2. The van der Waals surface area contributed by atoms with Gasteiger partial charge in [0, 0.05) is 5.69 Å². The highest BCUT2D eigenvalue weighted by Crippen LogP contribution is 2.26. The molecule has 3 heteroatoms. The topological polar surface area (TPSA) is 38.3 Å². The minimum atomic E-state index is -0.130. The van der Waals surface area contributed by atoms with E-state index in [1.54, 1.807) is 0 Å². The Morgan fingerprint density at radius 1 is 1.14 bits per heavy atom. The maximum Gasteiger partial charge on any atom is 0.262 e. The standard InChI is InChI=1S/C19H21NO2/c1-13-5-3-8-18(14(13)2)20-19(21)12-22-17-10-9-15-6-4-7-16(15)11-17/h3,5,8-11H,4,6-7,12H2,1-2H3,(H,20,21). The molecule has 0 atom stereocenters. The summed E-state index contributed by atoms with van der Waals surface area (Å²) in [6.07, 6.45) is 3.48. The number of nitrogens with one attached hydrogen (secondary N) is 1. The van der Waals surface area contributed by atoms with Gasteiger partial charge in [0.1, 0.15) is 5.75 Å². The van der Waals surface area contributed by atoms with Crippen molar-refractivity contribution in [3.8, 4) is 5.75 Å². The number of carbonyl (C=O) groups is 1. The molecule has 2 aromatic carbocycles. The van der Waals surface area contributed by atoms with E-state index in [1.165, 1.54) is 17.5 Å². The Bertz CT molecular complexity index is 707. The van der Waals surface area contributed by atoms with Gasteiger partial charge in [0.15, 0.2) is 6.61 Å². The van der Waals surface area contributed by atoms with Gasteiger partial charge in [-0.1, -0.05) is 18.2 Å². The molecular formula is C19H21NO2. The molecule has 0 bridgehead atoms. The smallest absolute Gasteiger partial charge is 0.262 e. The van der Waals surface area contributed by atoms with Gasteiger partial charge in [-0.3, -0.25) is 4.79 Å². The molecule has 1 N–H and O–H groups in total. The number of carbonyl (C=O) groups excluding carboxylic acids is 1. The molecular weight excluding hydrogens is 274 g/mol. The summed E-state index contributed by atoms with van der Waals surface area (Å²) < 4.78 is 5.62. The summed E-state index contributed by atoms with van der Waals surface area (Å²) in [5.41, 5.74) is 5.87. The normalized spacial score (nSPS) is 12.8. The molecule has 0 heterocycles. The number of rotatable bonds is 4. The third-order valence-electron chi connectivity index (χ3n) is 4.32. The Labute approximate surface area is 131 Å². The van der Waals surface area contributed by atoms with Crippen molar-refractivity contribution in [2.24, 2.45) is 0 Å². The van der Waals surface area contributed by atoms with Crippen LogP contribution in [0.3, 0.4) is 0 Å². The second-order valence-electron chi connectivity index (χ2n) is 5.87. The average Bonchev–Trinajstić information content (AvgIpc) is 2.97. The van der Waals surface area contributed by atoms with E-state index in [0.29, 0.717) is 0 Å². The molecule has 0 unspecified atom stereocenters. The number of benzene rings is 2. The molecule has 1 aliphatic carbocycles. The Balaban J connectivity index is 1.59. The van der Waals surface area contributed by atoms with Gasteiger partial charge < -0.3 is 10.1 Å². The molecule has 3 nitrogen and oxygen atoms in total. The predicted molar refractivity (Wildman–Crippen MR) is 88.5 cm³/mol. The lowest BCUT2D eigenvalue weighted by molar-refractivity contribution is -0.118. The number of fused-ring (bicyclic) bond motifs is 1. The van der Waals surface area contributed by atoms with Gasteiger partial charge in [-0.25, -0.2) is 0 Å². The number of ether oxygens (including phenoxy) is 1. The fraction of sp³-hybridized carbons (Fsp3) is 0.316. The highest BCUT2D eigenvalue weighted by atomic mass is 16.5. The highest BCUT2D eigenvalue weighted by molar-refractivity contribution is 5.92. The summed E-state index contributed by atoms with van der Waals surface area (Å²) in [4.78, 5) is 12.0. The van der Waals surface area contributed by atoms with Crippen LogP contribution in [0.5, 0.6) is 5.75 Å². The number of amides is 1. The minimum absolute atomic E-state index is 0.0339. The van der Waals surface area contributed by atoms with E-state index in [2.05, 4.69) is 17.4 Å². The summed E-state index contributed by atoms with van der Waals surface area (Å²) >= 11 is 0. The SMILES string of the molecule is Cc1cccc(NC(=O)COc2ccc3c(c2)CCC3)c1C. The van der Waals surface area contributed by atoms with Crippen LogP contribution < -0.4 is 10.1 Å². The quantitative estimate of drug-likeness (QED) is 0.931. The van der Waals surface area contributed by atoms with Crippen molar-refractivity contribution in [2.45, 2.75) is 33.1 Å². The van der Waals surface area contributed by atoms with Crippen molar-refractivity contribution in [3.05, 3.63) is 58.7 Å². The molecule has 1 aliphatic rings. The molecule has 22 heavy (non-hydrogen) atoms. The Kier molecular flexibility index (Phi) is 4.14. The molecule has 0 spiro atoms. The second-order valence-corrected chi connectivity index (χ2v) is 5.87. The van der Waals surface area contributed by atoms with Crippen LogP contribution in [0.2, 0.25) is 0 Å². The Morgan fingerprint density at radius 2 is 1.95 bits per heavy atom. The van der Waals surface area contributed by atoms with E-state index < -0.39 is 0 Å². The lowest BCUT2D eigenvalue weighted by Gasteiger charge is -2.11. The first-order valence-corrected chi connectivity index (χ1v) is 7.74. The Hall–Kier alpha value is -2.29. The number of anilines is 1. The fourth-order valence-corrected chi connectivity index (χ4v) is 2.86. The van der Waals surface area contributed by atoms with Crippen LogP contribution in [0, 0.1) is 13.8 Å².